The molecule has 0 spiro atoms. The highest BCUT2D eigenvalue weighted by Crippen LogP contribution is 2.22. The molecule has 1 N–H and O–H groups in total. The zero-order valence-electron chi connectivity index (χ0n) is 14.5. The van der Waals surface area contributed by atoms with Gasteiger partial charge in [-0.05, 0) is 38.2 Å². The van der Waals surface area contributed by atoms with Crippen LogP contribution >= 0.6 is 0 Å². The third kappa shape index (κ3) is 4.00. The molecule has 2 aromatic rings. The second-order valence-corrected chi connectivity index (χ2v) is 7.46. The van der Waals surface area contributed by atoms with E-state index in [0.717, 1.165) is 0 Å². The molecule has 132 valence electrons. The Bertz CT molecular complexity index is 752. The molecule has 0 aliphatic heterocycles. The summed E-state index contributed by atoms with van der Waals surface area (Å²) in [5, 5.41) is 7.07. The molecular formula is C16H24N4O3S. The van der Waals surface area contributed by atoms with Crippen molar-refractivity contribution in [2.45, 2.75) is 38.1 Å². The summed E-state index contributed by atoms with van der Waals surface area (Å²) in [4.78, 5) is 4.61. The minimum atomic E-state index is -3.46. The maximum absolute atomic E-state index is 12.5. The van der Waals surface area contributed by atoms with Crippen molar-refractivity contribution >= 4 is 10.0 Å². The van der Waals surface area contributed by atoms with Gasteiger partial charge in [-0.3, -0.25) is 0 Å². The Morgan fingerprint density at radius 3 is 2.38 bits per heavy atom. The summed E-state index contributed by atoms with van der Waals surface area (Å²) in [6.45, 7) is 6.56. The number of likely N-dealkylation sites (N-methyl/N-ethyl adjacent to an activating group) is 1. The van der Waals surface area contributed by atoms with E-state index in [9.17, 15) is 8.42 Å². The zero-order valence-corrected chi connectivity index (χ0v) is 15.3. The highest BCUT2D eigenvalue weighted by Gasteiger charge is 2.21. The van der Waals surface area contributed by atoms with Crippen molar-refractivity contribution in [3.63, 3.8) is 0 Å². The van der Waals surface area contributed by atoms with Gasteiger partial charge in [-0.2, -0.15) is 9.29 Å². The smallest absolute Gasteiger partial charge is 0.257 e. The Morgan fingerprint density at radius 1 is 1.21 bits per heavy atom. The first kappa shape index (κ1) is 18.6. The normalized spacial score (nSPS) is 13.4. The van der Waals surface area contributed by atoms with E-state index in [-0.39, 0.29) is 10.9 Å². The third-order valence-corrected chi connectivity index (χ3v) is 5.96. The van der Waals surface area contributed by atoms with Gasteiger partial charge >= 0.3 is 0 Å². The number of rotatable bonds is 8. The van der Waals surface area contributed by atoms with Crippen LogP contribution in [0, 0.1) is 0 Å². The second kappa shape index (κ2) is 7.87. The summed E-state index contributed by atoms with van der Waals surface area (Å²) in [5.41, 5.74) is 0.698. The topological polar surface area (TPSA) is 88.3 Å². The number of nitrogens with one attached hydrogen (secondary N) is 1. The molecule has 0 amide bonds. The Balaban J connectivity index is 2.21. The first-order valence-corrected chi connectivity index (χ1v) is 9.46. The van der Waals surface area contributed by atoms with Crippen LogP contribution in [0.15, 0.2) is 33.7 Å². The van der Waals surface area contributed by atoms with E-state index in [1.165, 1.54) is 4.31 Å². The molecule has 1 atom stereocenters. The molecule has 2 rings (SSSR count). The minimum absolute atomic E-state index is 0.247. The van der Waals surface area contributed by atoms with E-state index in [1.54, 1.807) is 24.3 Å². The molecule has 0 saturated heterocycles. The van der Waals surface area contributed by atoms with Gasteiger partial charge in [0.15, 0.2) is 5.82 Å². The molecule has 7 nitrogen and oxygen atoms in total. The van der Waals surface area contributed by atoms with Crippen LogP contribution in [0.3, 0.4) is 0 Å². The fourth-order valence-corrected chi connectivity index (χ4v) is 3.77. The molecule has 8 heteroatoms. The summed E-state index contributed by atoms with van der Waals surface area (Å²) in [6, 6.07) is 6.77. The number of sulfonamides is 1. The molecule has 1 heterocycles. The summed E-state index contributed by atoms with van der Waals surface area (Å²) in [6.07, 6.45) is 0.661. The Kier molecular flexibility index (Phi) is 6.09. The van der Waals surface area contributed by atoms with Crippen molar-refractivity contribution in [1.82, 2.24) is 19.8 Å². The minimum Gasteiger partial charge on any atom is -0.334 e. The van der Waals surface area contributed by atoms with E-state index in [4.69, 9.17) is 4.52 Å². The Hall–Kier alpha value is -1.77. The summed E-state index contributed by atoms with van der Waals surface area (Å²) >= 11 is 0. The fourth-order valence-electron chi connectivity index (χ4n) is 2.31. The molecular weight excluding hydrogens is 328 g/mol. The number of aromatic nitrogens is 2. The SMILES string of the molecule is CCN(CC)S(=O)(=O)c1ccc(-c2nc(CC(C)NC)no2)cc1. The lowest BCUT2D eigenvalue weighted by Gasteiger charge is -2.18. The van der Waals surface area contributed by atoms with Crippen LogP contribution in [0.1, 0.15) is 26.6 Å². The van der Waals surface area contributed by atoms with Crippen LogP contribution in [0.25, 0.3) is 11.5 Å². The van der Waals surface area contributed by atoms with Gasteiger partial charge in [0.05, 0.1) is 4.90 Å². The molecule has 0 saturated carbocycles. The van der Waals surface area contributed by atoms with Crippen LogP contribution in [0.5, 0.6) is 0 Å². The average Bonchev–Trinajstić information content (AvgIpc) is 3.04. The quantitative estimate of drug-likeness (QED) is 0.781. The molecule has 0 bridgehead atoms. The molecule has 1 aromatic carbocycles. The molecule has 0 fully saturated rings. The van der Waals surface area contributed by atoms with Crippen molar-refractivity contribution in [3.05, 3.63) is 30.1 Å². The van der Waals surface area contributed by atoms with E-state index in [0.29, 0.717) is 36.8 Å². The van der Waals surface area contributed by atoms with Crippen LogP contribution in [0.4, 0.5) is 0 Å². The molecule has 0 aliphatic carbocycles. The lowest BCUT2D eigenvalue weighted by atomic mass is 10.2. The number of benzene rings is 1. The lowest BCUT2D eigenvalue weighted by Crippen LogP contribution is -2.30. The monoisotopic (exact) mass is 352 g/mol. The largest absolute Gasteiger partial charge is 0.334 e. The van der Waals surface area contributed by atoms with Crippen molar-refractivity contribution < 1.29 is 12.9 Å². The maximum Gasteiger partial charge on any atom is 0.257 e. The second-order valence-electron chi connectivity index (χ2n) is 5.52. The fraction of sp³-hybridized carbons (Fsp3) is 0.500. The van der Waals surface area contributed by atoms with Crippen molar-refractivity contribution in [2.75, 3.05) is 20.1 Å². The molecule has 1 unspecified atom stereocenters. The van der Waals surface area contributed by atoms with E-state index < -0.39 is 10.0 Å². The lowest BCUT2D eigenvalue weighted by molar-refractivity contribution is 0.418. The summed E-state index contributed by atoms with van der Waals surface area (Å²) in [7, 11) is -1.58. The number of hydrogen-bond donors (Lipinski definition) is 1. The highest BCUT2D eigenvalue weighted by molar-refractivity contribution is 7.89. The van der Waals surface area contributed by atoms with Gasteiger partial charge < -0.3 is 9.84 Å². The first-order chi connectivity index (χ1) is 11.4. The van der Waals surface area contributed by atoms with Gasteiger partial charge in [-0.15, -0.1) is 0 Å². The average molecular weight is 352 g/mol. The zero-order chi connectivity index (χ0) is 17.7. The summed E-state index contributed by atoms with van der Waals surface area (Å²) in [5.74, 6) is 1.01. The van der Waals surface area contributed by atoms with Crippen LogP contribution in [-0.4, -0.2) is 49.0 Å². The molecule has 1 aromatic heterocycles. The standard InChI is InChI=1S/C16H24N4O3S/c1-5-20(6-2)24(21,22)14-9-7-13(8-10-14)16-18-15(19-23-16)11-12(3)17-4/h7-10,12,17H,5-6,11H2,1-4H3. The van der Waals surface area contributed by atoms with Gasteiger partial charge in [-0.25, -0.2) is 8.42 Å². The van der Waals surface area contributed by atoms with Gasteiger partial charge in [0, 0.05) is 31.1 Å². The van der Waals surface area contributed by atoms with Crippen molar-refractivity contribution in [3.8, 4) is 11.5 Å². The predicted octanol–water partition coefficient (Wildman–Crippen LogP) is 1.92. The molecule has 0 aliphatic rings. The van der Waals surface area contributed by atoms with E-state index in [2.05, 4.69) is 15.5 Å². The molecule has 24 heavy (non-hydrogen) atoms. The Morgan fingerprint density at radius 2 is 1.83 bits per heavy atom. The maximum atomic E-state index is 12.5. The van der Waals surface area contributed by atoms with Crippen molar-refractivity contribution in [2.24, 2.45) is 0 Å². The Labute approximate surface area is 143 Å². The van der Waals surface area contributed by atoms with E-state index >= 15 is 0 Å². The predicted molar refractivity (Wildman–Crippen MR) is 92.1 cm³/mol. The van der Waals surface area contributed by atoms with Crippen LogP contribution in [-0.2, 0) is 16.4 Å². The van der Waals surface area contributed by atoms with Crippen LogP contribution in [0.2, 0.25) is 0 Å². The number of hydrogen-bond acceptors (Lipinski definition) is 6. The first-order valence-electron chi connectivity index (χ1n) is 8.02. The van der Waals surface area contributed by atoms with Gasteiger partial charge in [0.1, 0.15) is 0 Å². The van der Waals surface area contributed by atoms with Gasteiger partial charge in [0.2, 0.25) is 10.0 Å². The highest BCUT2D eigenvalue weighted by atomic mass is 32.2. The molecule has 0 radical (unpaired) electrons. The summed E-state index contributed by atoms with van der Waals surface area (Å²) < 4.78 is 31.6. The van der Waals surface area contributed by atoms with Gasteiger partial charge in [0.25, 0.3) is 5.89 Å². The third-order valence-electron chi connectivity index (χ3n) is 3.89. The van der Waals surface area contributed by atoms with E-state index in [1.807, 2.05) is 27.8 Å². The van der Waals surface area contributed by atoms with Crippen LogP contribution < -0.4 is 5.32 Å². The van der Waals surface area contributed by atoms with Crippen molar-refractivity contribution in [1.29, 1.82) is 0 Å². The number of nitrogens with zero attached hydrogens (tertiary/aromatic N) is 3. The van der Waals surface area contributed by atoms with Gasteiger partial charge in [-0.1, -0.05) is 19.0 Å².